The fraction of sp³-hybridized carbons (Fsp3) is 0.417. The van der Waals surface area contributed by atoms with E-state index in [1.54, 1.807) is 23.1 Å². The van der Waals surface area contributed by atoms with Crippen molar-refractivity contribution in [3.8, 4) is 5.75 Å². The number of ether oxygens (including phenoxy) is 1. The topological polar surface area (TPSA) is 46.6 Å². The average Bonchev–Trinajstić information content (AvgIpc) is 2.73. The maximum atomic E-state index is 12.9. The Bertz CT molecular complexity index is 868. The molecule has 1 aliphatic heterocycles. The fourth-order valence-electron chi connectivity index (χ4n) is 3.87. The van der Waals surface area contributed by atoms with E-state index in [1.807, 2.05) is 12.1 Å². The molecule has 0 atom stereocenters. The summed E-state index contributed by atoms with van der Waals surface area (Å²) < 4.78 is 5.30. The Morgan fingerprint density at radius 3 is 2.34 bits per heavy atom. The quantitative estimate of drug-likeness (QED) is 0.605. The van der Waals surface area contributed by atoms with Crippen LogP contribution in [-0.4, -0.2) is 36.8 Å². The highest BCUT2D eigenvalue weighted by molar-refractivity contribution is 6.31. The molecular formula is C24H28ClNO3. The molecule has 1 fully saturated rings. The van der Waals surface area contributed by atoms with E-state index >= 15 is 0 Å². The first-order chi connectivity index (χ1) is 13.9. The Kier molecular flexibility index (Phi) is 6.96. The second-order valence-electron chi connectivity index (χ2n) is 8.07. The summed E-state index contributed by atoms with van der Waals surface area (Å²) in [6.07, 6.45) is 2.35. The number of carbonyl (C=O) groups excluding carboxylic acids is 2. The number of rotatable bonds is 6. The second-order valence-corrected chi connectivity index (χ2v) is 8.51. The van der Waals surface area contributed by atoms with E-state index in [2.05, 4.69) is 26.0 Å². The van der Waals surface area contributed by atoms with Gasteiger partial charge in [-0.05, 0) is 48.9 Å². The van der Waals surface area contributed by atoms with E-state index < -0.39 is 0 Å². The highest BCUT2D eigenvalue weighted by Gasteiger charge is 2.29. The van der Waals surface area contributed by atoms with Crippen LogP contribution in [0, 0.1) is 11.8 Å². The molecule has 0 radical (unpaired) electrons. The van der Waals surface area contributed by atoms with Crippen molar-refractivity contribution < 1.29 is 14.3 Å². The van der Waals surface area contributed by atoms with Crippen LogP contribution in [-0.2, 0) is 6.42 Å². The summed E-state index contributed by atoms with van der Waals surface area (Å²) in [6.45, 7) is 5.48. The highest BCUT2D eigenvalue weighted by Crippen LogP contribution is 2.27. The first-order valence-corrected chi connectivity index (χ1v) is 10.5. The van der Waals surface area contributed by atoms with Gasteiger partial charge in [0.05, 0.1) is 12.7 Å². The van der Waals surface area contributed by atoms with E-state index in [0.29, 0.717) is 48.2 Å². The van der Waals surface area contributed by atoms with Crippen LogP contribution in [0.2, 0.25) is 5.02 Å². The zero-order valence-electron chi connectivity index (χ0n) is 17.3. The minimum atomic E-state index is -0.103. The lowest BCUT2D eigenvalue weighted by molar-refractivity contribution is 0.0647. The van der Waals surface area contributed by atoms with E-state index in [1.165, 1.54) is 12.7 Å². The molecule has 0 unspecified atom stereocenters. The van der Waals surface area contributed by atoms with Crippen LogP contribution in [0.15, 0.2) is 42.5 Å². The van der Waals surface area contributed by atoms with Gasteiger partial charge in [-0.15, -0.1) is 0 Å². The largest absolute Gasteiger partial charge is 0.496 e. The number of likely N-dealkylation sites (tertiary alicyclic amines) is 1. The van der Waals surface area contributed by atoms with Crippen molar-refractivity contribution in [3.05, 3.63) is 64.2 Å². The van der Waals surface area contributed by atoms with Crippen molar-refractivity contribution in [2.45, 2.75) is 33.1 Å². The minimum absolute atomic E-state index is 0.0451. The van der Waals surface area contributed by atoms with E-state index in [-0.39, 0.29) is 17.6 Å². The number of piperidine rings is 1. The van der Waals surface area contributed by atoms with Crippen LogP contribution in [0.4, 0.5) is 0 Å². The standard InChI is InChI=1S/C24H28ClNO3/c1-16(2)14-17-4-6-18(7-5-17)23(27)19-10-12-26(13-11-19)24(28)21-15-20(25)8-9-22(21)29-3/h4-9,15-16,19H,10-14H2,1-3H3. The maximum absolute atomic E-state index is 12.9. The number of carbonyl (C=O) groups is 2. The smallest absolute Gasteiger partial charge is 0.257 e. The average molecular weight is 414 g/mol. The number of nitrogens with zero attached hydrogens (tertiary/aromatic N) is 1. The number of hydrogen-bond donors (Lipinski definition) is 0. The van der Waals surface area contributed by atoms with Gasteiger partial charge in [-0.3, -0.25) is 9.59 Å². The predicted molar refractivity (Wildman–Crippen MR) is 116 cm³/mol. The summed E-state index contributed by atoms with van der Waals surface area (Å²) in [4.78, 5) is 27.6. The Balaban J connectivity index is 1.62. The van der Waals surface area contributed by atoms with Crippen molar-refractivity contribution in [2.24, 2.45) is 11.8 Å². The number of halogens is 1. The Labute approximate surface area is 177 Å². The normalized spacial score (nSPS) is 14.9. The molecule has 5 heteroatoms. The molecule has 0 spiro atoms. The van der Waals surface area contributed by atoms with Gasteiger partial charge in [-0.2, -0.15) is 0 Å². The molecule has 154 valence electrons. The molecule has 29 heavy (non-hydrogen) atoms. The summed E-state index contributed by atoms with van der Waals surface area (Å²) in [5.74, 6) is 1.13. The lowest BCUT2D eigenvalue weighted by Gasteiger charge is -2.31. The molecule has 4 nitrogen and oxygen atoms in total. The third-order valence-electron chi connectivity index (χ3n) is 5.43. The summed E-state index contributed by atoms with van der Waals surface area (Å²) >= 11 is 6.06. The van der Waals surface area contributed by atoms with Crippen LogP contribution in [0.1, 0.15) is 53.0 Å². The third-order valence-corrected chi connectivity index (χ3v) is 5.66. The molecule has 2 aromatic rings. The van der Waals surface area contributed by atoms with E-state index in [0.717, 1.165) is 12.0 Å². The van der Waals surface area contributed by atoms with Gasteiger partial charge in [0.2, 0.25) is 0 Å². The molecule has 1 amide bonds. The zero-order valence-corrected chi connectivity index (χ0v) is 18.0. The summed E-state index contributed by atoms with van der Waals surface area (Å²) in [6, 6.07) is 13.0. The number of hydrogen-bond acceptors (Lipinski definition) is 3. The number of Topliss-reactive ketones (excluding diaryl/α,β-unsaturated/α-hetero) is 1. The van der Waals surface area contributed by atoms with Gasteiger partial charge in [0.15, 0.2) is 5.78 Å². The van der Waals surface area contributed by atoms with Crippen LogP contribution < -0.4 is 4.74 Å². The van der Waals surface area contributed by atoms with Crippen molar-refractivity contribution in [1.29, 1.82) is 0 Å². The monoisotopic (exact) mass is 413 g/mol. The van der Waals surface area contributed by atoms with Gasteiger partial charge in [-0.25, -0.2) is 0 Å². The molecular weight excluding hydrogens is 386 g/mol. The van der Waals surface area contributed by atoms with Gasteiger partial charge in [-0.1, -0.05) is 49.7 Å². The van der Waals surface area contributed by atoms with Crippen LogP contribution in [0.3, 0.4) is 0 Å². The Morgan fingerprint density at radius 2 is 1.76 bits per heavy atom. The van der Waals surface area contributed by atoms with Gasteiger partial charge in [0.25, 0.3) is 5.91 Å². The first-order valence-electron chi connectivity index (χ1n) is 10.1. The molecule has 3 rings (SSSR count). The van der Waals surface area contributed by atoms with Crippen molar-refractivity contribution in [3.63, 3.8) is 0 Å². The lowest BCUT2D eigenvalue weighted by Crippen LogP contribution is -2.40. The SMILES string of the molecule is COc1ccc(Cl)cc1C(=O)N1CCC(C(=O)c2ccc(CC(C)C)cc2)CC1. The van der Waals surface area contributed by atoms with Crippen LogP contribution in [0.5, 0.6) is 5.75 Å². The van der Waals surface area contributed by atoms with Crippen molar-refractivity contribution in [1.82, 2.24) is 4.90 Å². The van der Waals surface area contributed by atoms with E-state index in [4.69, 9.17) is 16.3 Å². The number of amides is 1. The molecule has 0 bridgehead atoms. The number of ketones is 1. The van der Waals surface area contributed by atoms with Gasteiger partial charge >= 0.3 is 0 Å². The van der Waals surface area contributed by atoms with Crippen LogP contribution >= 0.6 is 11.6 Å². The van der Waals surface area contributed by atoms with Crippen LogP contribution in [0.25, 0.3) is 0 Å². The fourth-order valence-corrected chi connectivity index (χ4v) is 4.05. The molecule has 1 aliphatic rings. The molecule has 2 aromatic carbocycles. The predicted octanol–water partition coefficient (Wildman–Crippen LogP) is 5.28. The number of methoxy groups -OCH3 is 1. The molecule has 0 aromatic heterocycles. The summed E-state index contributed by atoms with van der Waals surface area (Å²) in [5.41, 5.74) is 2.48. The summed E-state index contributed by atoms with van der Waals surface area (Å²) in [7, 11) is 1.54. The lowest BCUT2D eigenvalue weighted by atomic mass is 9.88. The zero-order chi connectivity index (χ0) is 21.0. The third kappa shape index (κ3) is 5.18. The first kappa shape index (κ1) is 21.4. The molecule has 0 saturated carbocycles. The summed E-state index contributed by atoms with van der Waals surface area (Å²) in [5, 5.41) is 0.500. The molecule has 1 heterocycles. The number of benzene rings is 2. The van der Waals surface area contributed by atoms with Gasteiger partial charge in [0, 0.05) is 29.6 Å². The maximum Gasteiger partial charge on any atom is 0.257 e. The van der Waals surface area contributed by atoms with E-state index in [9.17, 15) is 9.59 Å². The van der Waals surface area contributed by atoms with Crippen molar-refractivity contribution >= 4 is 23.3 Å². The molecule has 0 N–H and O–H groups in total. The Morgan fingerprint density at radius 1 is 1.10 bits per heavy atom. The van der Waals surface area contributed by atoms with Crippen molar-refractivity contribution in [2.75, 3.05) is 20.2 Å². The minimum Gasteiger partial charge on any atom is -0.496 e. The Hall–Kier alpha value is -2.33. The van der Waals surface area contributed by atoms with Gasteiger partial charge in [0.1, 0.15) is 5.75 Å². The second kappa shape index (κ2) is 9.45. The molecule has 0 aliphatic carbocycles. The van der Waals surface area contributed by atoms with Gasteiger partial charge < -0.3 is 9.64 Å². The highest BCUT2D eigenvalue weighted by atomic mass is 35.5. The molecule has 1 saturated heterocycles.